The molecule has 0 heterocycles. The third-order valence-electron chi connectivity index (χ3n) is 14.2. The van der Waals surface area contributed by atoms with E-state index in [9.17, 15) is 4.79 Å². The van der Waals surface area contributed by atoms with Crippen molar-refractivity contribution >= 4 is 14.1 Å². The van der Waals surface area contributed by atoms with E-state index in [1.165, 1.54) is 51.4 Å². The summed E-state index contributed by atoms with van der Waals surface area (Å²) in [5.74, 6) is 3.34. The lowest BCUT2D eigenvalue weighted by Gasteiger charge is -2.74. The minimum absolute atomic E-state index is 0.147. The molecule has 5 rings (SSSR count). The molecule has 5 saturated carbocycles. The fourth-order valence-corrected chi connectivity index (χ4v) is 13.3. The van der Waals surface area contributed by atoms with Gasteiger partial charge in [-0.25, -0.2) is 0 Å². The summed E-state index contributed by atoms with van der Waals surface area (Å²) >= 11 is 0. The zero-order valence-electron chi connectivity index (χ0n) is 25.8. The van der Waals surface area contributed by atoms with Gasteiger partial charge in [-0.2, -0.15) is 0 Å². The summed E-state index contributed by atoms with van der Waals surface area (Å²) in [7, 11) is -1.62. The van der Waals surface area contributed by atoms with Crippen molar-refractivity contribution in [2.45, 2.75) is 145 Å². The number of hydrogen-bond donors (Lipinski definition) is 0. The van der Waals surface area contributed by atoms with Gasteiger partial charge in [0.15, 0.2) is 8.32 Å². The number of fused-ring (bicyclic) bond motifs is 7. The predicted octanol–water partition coefficient (Wildman–Crippen LogP) is 9.29. The van der Waals surface area contributed by atoms with Gasteiger partial charge in [0.2, 0.25) is 0 Å². The highest BCUT2D eigenvalue weighted by Crippen LogP contribution is 2.77. The number of carbonyl (C=O) groups is 1. The van der Waals surface area contributed by atoms with Crippen LogP contribution in [0, 0.1) is 56.2 Å². The number of ketones is 1. The topological polar surface area (TPSA) is 26.3 Å². The maximum Gasteiger partial charge on any atom is 0.184 e. The summed E-state index contributed by atoms with van der Waals surface area (Å²) in [5, 5.41) is 0. The summed E-state index contributed by atoms with van der Waals surface area (Å²) in [6, 6.07) is 0. The van der Waals surface area contributed by atoms with Crippen LogP contribution in [0.2, 0.25) is 19.6 Å². The Kier molecular flexibility index (Phi) is 6.06. The van der Waals surface area contributed by atoms with E-state index in [0.717, 1.165) is 24.7 Å². The summed E-state index contributed by atoms with van der Waals surface area (Å²) in [4.78, 5) is 13.0. The molecule has 0 aromatic carbocycles. The first-order chi connectivity index (χ1) is 16.3. The van der Waals surface area contributed by atoms with Gasteiger partial charge in [0, 0.05) is 11.8 Å². The molecule has 0 aromatic rings. The Morgan fingerprint density at radius 3 is 1.81 bits per heavy atom. The first kappa shape index (κ1) is 27.4. The van der Waals surface area contributed by atoms with Crippen molar-refractivity contribution in [1.82, 2.24) is 0 Å². The molecule has 2 nitrogen and oxygen atoms in total. The van der Waals surface area contributed by atoms with Gasteiger partial charge in [0.25, 0.3) is 0 Å². The molecule has 206 valence electrons. The molecule has 0 saturated heterocycles. The van der Waals surface area contributed by atoms with Crippen molar-refractivity contribution in [3.05, 3.63) is 0 Å². The summed E-state index contributed by atoms with van der Waals surface area (Å²) in [5.41, 5.74) is 1.62. The van der Waals surface area contributed by atoms with Crippen LogP contribution in [0.5, 0.6) is 0 Å². The van der Waals surface area contributed by atoms with Gasteiger partial charge in [-0.3, -0.25) is 4.79 Å². The van der Waals surface area contributed by atoms with Gasteiger partial charge >= 0.3 is 0 Å². The largest absolute Gasteiger partial charge is 0.414 e. The molecular formula is C33H58O2Si. The van der Waals surface area contributed by atoms with E-state index in [1.807, 2.05) is 0 Å². The molecule has 0 spiro atoms. The van der Waals surface area contributed by atoms with Gasteiger partial charge in [-0.1, -0.05) is 55.4 Å². The fourth-order valence-electron chi connectivity index (χ4n) is 12.1. The molecule has 0 aliphatic heterocycles. The second kappa shape index (κ2) is 7.95. The standard InChI is InChI=1S/C33H58O2Si/c1-28(2)20-21-30(5)22(27(28)35-36(9,10)11)14-18-32(7)24(30)12-13-25-31(6)17-16-26(34)29(3,4)23(31)15-19-33(25,32)8/h22-25,27H,12-21H2,1-11H3. The monoisotopic (exact) mass is 514 g/mol. The highest BCUT2D eigenvalue weighted by atomic mass is 28.4. The van der Waals surface area contributed by atoms with Crippen molar-refractivity contribution < 1.29 is 9.22 Å². The third kappa shape index (κ3) is 3.52. The van der Waals surface area contributed by atoms with Crippen LogP contribution >= 0.6 is 0 Å². The smallest absolute Gasteiger partial charge is 0.184 e. The molecule has 0 N–H and O–H groups in total. The zero-order valence-corrected chi connectivity index (χ0v) is 26.8. The number of carbonyl (C=O) groups excluding carboxylic acids is 1. The SMILES string of the molecule is CC1(C)CCC2(C)C(CCC3(C)C2CCC2C4(C)CCC(=O)C(C)(C)C4CCC23C)C1O[Si](C)(C)C. The summed E-state index contributed by atoms with van der Waals surface area (Å²) in [6.07, 6.45) is 13.1. The van der Waals surface area contributed by atoms with Crippen molar-refractivity contribution in [3.8, 4) is 0 Å². The number of rotatable bonds is 2. The van der Waals surface area contributed by atoms with Crippen LogP contribution in [0.3, 0.4) is 0 Å². The predicted molar refractivity (Wildman–Crippen MR) is 153 cm³/mol. The molecule has 9 unspecified atom stereocenters. The van der Waals surface area contributed by atoms with Crippen LogP contribution in [0.15, 0.2) is 0 Å². The summed E-state index contributed by atoms with van der Waals surface area (Å²) < 4.78 is 7.10. The average molecular weight is 515 g/mol. The molecule has 5 aliphatic rings. The normalized spacial score (nSPS) is 52.0. The Morgan fingerprint density at radius 2 is 1.22 bits per heavy atom. The molecule has 36 heavy (non-hydrogen) atoms. The third-order valence-corrected chi connectivity index (χ3v) is 15.1. The molecule has 0 aromatic heterocycles. The number of hydrogen-bond acceptors (Lipinski definition) is 2. The molecule has 0 radical (unpaired) electrons. The van der Waals surface area contributed by atoms with Crippen molar-refractivity contribution in [2.24, 2.45) is 56.2 Å². The maximum absolute atomic E-state index is 13.0. The fraction of sp³-hybridized carbons (Fsp3) is 0.970. The quantitative estimate of drug-likeness (QED) is 0.343. The molecule has 5 fully saturated rings. The van der Waals surface area contributed by atoms with E-state index in [1.54, 1.807) is 0 Å². The molecule has 5 aliphatic carbocycles. The van der Waals surface area contributed by atoms with Crippen LogP contribution in [0.1, 0.15) is 120 Å². The second-order valence-corrected chi connectivity index (χ2v) is 22.0. The average Bonchev–Trinajstić information content (AvgIpc) is 2.74. The lowest BCUT2D eigenvalue weighted by molar-refractivity contribution is -0.258. The van der Waals surface area contributed by atoms with Crippen LogP contribution in [-0.4, -0.2) is 20.2 Å². The zero-order chi connectivity index (χ0) is 26.7. The lowest BCUT2D eigenvalue weighted by atomic mass is 9.31. The highest BCUT2D eigenvalue weighted by molar-refractivity contribution is 6.69. The Labute approximate surface area is 224 Å². The van der Waals surface area contributed by atoms with Gasteiger partial charge in [-0.05, 0) is 128 Å². The Hall–Kier alpha value is -0.153. The van der Waals surface area contributed by atoms with E-state index < -0.39 is 8.32 Å². The van der Waals surface area contributed by atoms with E-state index in [0.29, 0.717) is 45.4 Å². The maximum atomic E-state index is 13.0. The first-order valence-corrected chi connectivity index (χ1v) is 18.9. The molecule has 3 heteroatoms. The van der Waals surface area contributed by atoms with Crippen LogP contribution < -0.4 is 0 Å². The van der Waals surface area contributed by atoms with Crippen molar-refractivity contribution in [3.63, 3.8) is 0 Å². The van der Waals surface area contributed by atoms with Gasteiger partial charge < -0.3 is 4.43 Å². The Morgan fingerprint density at radius 1 is 0.667 bits per heavy atom. The van der Waals surface area contributed by atoms with Crippen LogP contribution in [-0.2, 0) is 9.22 Å². The van der Waals surface area contributed by atoms with E-state index in [4.69, 9.17) is 4.43 Å². The van der Waals surface area contributed by atoms with Crippen molar-refractivity contribution in [1.29, 1.82) is 0 Å². The van der Waals surface area contributed by atoms with Crippen LogP contribution in [0.25, 0.3) is 0 Å². The first-order valence-electron chi connectivity index (χ1n) is 15.5. The van der Waals surface area contributed by atoms with Gasteiger partial charge in [0.1, 0.15) is 5.78 Å². The van der Waals surface area contributed by atoms with Gasteiger partial charge in [-0.15, -0.1) is 0 Å². The number of Topliss-reactive ketones (excluding diaryl/α,β-unsaturated/α-hetero) is 1. The molecule has 9 atom stereocenters. The highest BCUT2D eigenvalue weighted by Gasteiger charge is 2.71. The van der Waals surface area contributed by atoms with E-state index in [2.05, 4.69) is 75.0 Å². The summed E-state index contributed by atoms with van der Waals surface area (Å²) in [6.45, 7) is 27.5. The minimum Gasteiger partial charge on any atom is -0.414 e. The van der Waals surface area contributed by atoms with Crippen LogP contribution in [0.4, 0.5) is 0 Å². The van der Waals surface area contributed by atoms with E-state index >= 15 is 0 Å². The molecular weight excluding hydrogens is 456 g/mol. The molecule has 0 bridgehead atoms. The lowest BCUT2D eigenvalue weighted by Crippen LogP contribution is -2.68. The molecule has 0 amide bonds. The van der Waals surface area contributed by atoms with Crippen molar-refractivity contribution in [2.75, 3.05) is 0 Å². The Bertz CT molecular complexity index is 915. The van der Waals surface area contributed by atoms with Gasteiger partial charge in [0.05, 0.1) is 6.10 Å². The minimum atomic E-state index is -1.62. The Balaban J connectivity index is 1.51. The second-order valence-electron chi connectivity index (χ2n) is 17.5. The van der Waals surface area contributed by atoms with E-state index in [-0.39, 0.29) is 10.8 Å².